The Morgan fingerprint density at radius 1 is 1.29 bits per heavy atom. The van der Waals surface area contributed by atoms with Crippen molar-refractivity contribution in [2.75, 3.05) is 13.1 Å². The first-order valence-electron chi connectivity index (χ1n) is 12.2. The number of nitriles is 1. The Kier molecular flexibility index (Phi) is 6.53. The molecular weight excluding hydrogens is 434 g/mol. The third-order valence-electron chi connectivity index (χ3n) is 8.52. The van der Waals surface area contributed by atoms with Crippen LogP contribution in [0.15, 0.2) is 0 Å². The molecule has 6 atom stereocenters. The van der Waals surface area contributed by atoms with E-state index in [1.807, 2.05) is 34.6 Å². The maximum Gasteiger partial charge on any atom is 0.246 e. The molecule has 3 rings (SSSR count). The van der Waals surface area contributed by atoms with Gasteiger partial charge in [-0.05, 0) is 29.6 Å². The normalized spacial score (nSPS) is 31.3. The molecule has 0 spiro atoms. The van der Waals surface area contributed by atoms with E-state index >= 15 is 0 Å². The van der Waals surface area contributed by atoms with Gasteiger partial charge in [0.15, 0.2) is 0 Å². The topological polar surface area (TPSA) is 145 Å². The fourth-order valence-electron chi connectivity index (χ4n) is 6.55. The maximum absolute atomic E-state index is 13.8. The number of likely N-dealkylation sites (tertiary alicyclic amines) is 1. The van der Waals surface area contributed by atoms with Gasteiger partial charge in [-0.25, -0.2) is 0 Å². The molecule has 1 saturated carbocycles. The SMILES string of the molecule is CC(C)C(=O)N[C@H](C(=O)N1CC2C(C)(C)C2([C@@H](C#N)C[C@H]2CCNC2=O)C1C(N)=O)C(C)(C)C. The molecule has 4 N–H and O–H groups in total. The molecule has 2 heterocycles. The molecule has 0 radical (unpaired) electrons. The van der Waals surface area contributed by atoms with E-state index in [-0.39, 0.29) is 35.5 Å². The van der Waals surface area contributed by atoms with E-state index in [2.05, 4.69) is 16.7 Å². The summed E-state index contributed by atoms with van der Waals surface area (Å²) in [6.07, 6.45) is 0.982. The second-order valence-corrected chi connectivity index (χ2v) is 12.2. The Labute approximate surface area is 202 Å². The van der Waals surface area contributed by atoms with Crippen LogP contribution in [0.3, 0.4) is 0 Å². The molecule has 2 saturated heterocycles. The van der Waals surface area contributed by atoms with Gasteiger partial charge in [0.2, 0.25) is 23.6 Å². The summed E-state index contributed by atoms with van der Waals surface area (Å²) in [7, 11) is 0. The van der Waals surface area contributed by atoms with Crippen LogP contribution < -0.4 is 16.4 Å². The third kappa shape index (κ3) is 3.85. The van der Waals surface area contributed by atoms with Crippen LogP contribution in [0.5, 0.6) is 0 Å². The number of piperidine rings is 1. The summed E-state index contributed by atoms with van der Waals surface area (Å²) in [5.41, 5.74) is 4.11. The fraction of sp³-hybridized carbons (Fsp3) is 0.800. The Balaban J connectivity index is 1.98. The number of carbonyl (C=O) groups excluding carboxylic acids is 4. The Hall–Kier alpha value is -2.63. The molecule has 3 unspecified atom stereocenters. The Morgan fingerprint density at radius 2 is 1.91 bits per heavy atom. The van der Waals surface area contributed by atoms with Crippen molar-refractivity contribution in [2.24, 2.45) is 45.7 Å². The number of carbonyl (C=O) groups is 4. The monoisotopic (exact) mass is 473 g/mol. The van der Waals surface area contributed by atoms with Gasteiger partial charge in [0, 0.05) is 30.3 Å². The second-order valence-electron chi connectivity index (χ2n) is 12.2. The minimum absolute atomic E-state index is 0.0718. The van der Waals surface area contributed by atoms with Crippen LogP contribution in [0, 0.1) is 51.2 Å². The molecule has 2 aliphatic heterocycles. The number of nitrogens with zero attached hydrogens (tertiary/aromatic N) is 2. The summed E-state index contributed by atoms with van der Waals surface area (Å²) in [5, 5.41) is 15.9. The fourth-order valence-corrected chi connectivity index (χ4v) is 6.55. The summed E-state index contributed by atoms with van der Waals surface area (Å²) in [6.45, 7) is 14.0. The molecule has 0 aromatic carbocycles. The minimum Gasteiger partial charge on any atom is -0.368 e. The van der Waals surface area contributed by atoms with Gasteiger partial charge in [0.05, 0.1) is 12.0 Å². The van der Waals surface area contributed by atoms with Gasteiger partial charge in [-0.1, -0.05) is 48.5 Å². The minimum atomic E-state index is -0.977. The number of fused-ring (bicyclic) bond motifs is 1. The molecule has 0 aromatic heterocycles. The predicted octanol–water partition coefficient (Wildman–Crippen LogP) is 1.18. The molecule has 4 amide bonds. The lowest BCUT2D eigenvalue weighted by Gasteiger charge is -2.40. The highest BCUT2D eigenvalue weighted by Crippen LogP contribution is 2.78. The molecular formula is C25H39N5O4. The van der Waals surface area contributed by atoms with Crippen molar-refractivity contribution < 1.29 is 19.2 Å². The molecule has 0 bridgehead atoms. The van der Waals surface area contributed by atoms with E-state index < -0.39 is 40.2 Å². The number of nitrogens with one attached hydrogen (secondary N) is 2. The number of nitrogens with two attached hydrogens (primary N) is 1. The summed E-state index contributed by atoms with van der Waals surface area (Å²) in [6, 6.07) is 0.563. The van der Waals surface area contributed by atoms with E-state index in [4.69, 9.17) is 5.73 Å². The van der Waals surface area contributed by atoms with E-state index in [1.165, 1.54) is 4.90 Å². The van der Waals surface area contributed by atoms with Crippen LogP contribution in [0.25, 0.3) is 0 Å². The highest BCUT2D eigenvalue weighted by Gasteiger charge is 2.83. The van der Waals surface area contributed by atoms with Crippen molar-refractivity contribution in [3.8, 4) is 6.07 Å². The molecule has 9 nitrogen and oxygen atoms in total. The van der Waals surface area contributed by atoms with Crippen molar-refractivity contribution in [1.82, 2.24) is 15.5 Å². The largest absolute Gasteiger partial charge is 0.368 e. The standard InChI is InChI=1S/C25H39N5O4/c1-13(2)20(32)29-17(23(3,4)5)22(34)30-12-16-24(6,7)25(16,18(30)19(27)31)15(11-26)10-14-8-9-28-21(14)33/h13-18H,8-10,12H2,1-7H3,(H2,27,31)(H,28,33)(H,29,32)/t14-,15-,16?,17-,18?,25?/m1/s1. The molecule has 0 aromatic rings. The number of amides is 4. The Bertz CT molecular complexity index is 931. The average molecular weight is 474 g/mol. The zero-order chi connectivity index (χ0) is 25.8. The highest BCUT2D eigenvalue weighted by molar-refractivity contribution is 5.94. The predicted molar refractivity (Wildman–Crippen MR) is 125 cm³/mol. The number of primary amides is 1. The summed E-state index contributed by atoms with van der Waals surface area (Å²) >= 11 is 0. The van der Waals surface area contributed by atoms with Crippen LogP contribution in [0.4, 0.5) is 0 Å². The number of hydrogen-bond donors (Lipinski definition) is 3. The lowest BCUT2D eigenvalue weighted by molar-refractivity contribution is -0.147. The first-order chi connectivity index (χ1) is 15.6. The van der Waals surface area contributed by atoms with Crippen LogP contribution in [-0.2, 0) is 19.2 Å². The molecule has 1 aliphatic carbocycles. The van der Waals surface area contributed by atoms with Crippen molar-refractivity contribution in [3.05, 3.63) is 0 Å². The van der Waals surface area contributed by atoms with E-state index in [1.54, 1.807) is 13.8 Å². The first-order valence-corrected chi connectivity index (χ1v) is 12.2. The average Bonchev–Trinajstić information content (AvgIpc) is 3.08. The van der Waals surface area contributed by atoms with Crippen LogP contribution in [0.2, 0.25) is 0 Å². The van der Waals surface area contributed by atoms with Crippen molar-refractivity contribution in [2.45, 2.75) is 73.4 Å². The summed E-state index contributed by atoms with van der Waals surface area (Å²) in [4.78, 5) is 53.0. The second kappa shape index (κ2) is 8.54. The quantitative estimate of drug-likeness (QED) is 0.508. The van der Waals surface area contributed by atoms with Gasteiger partial charge in [0.1, 0.15) is 12.1 Å². The zero-order valence-electron chi connectivity index (χ0n) is 21.4. The smallest absolute Gasteiger partial charge is 0.246 e. The summed E-state index contributed by atoms with van der Waals surface area (Å²) < 4.78 is 0. The lowest BCUT2D eigenvalue weighted by atomic mass is 9.73. The number of rotatable bonds is 7. The molecule has 9 heteroatoms. The van der Waals surface area contributed by atoms with E-state index in [9.17, 15) is 24.4 Å². The number of hydrogen-bond acceptors (Lipinski definition) is 5. The third-order valence-corrected chi connectivity index (χ3v) is 8.52. The van der Waals surface area contributed by atoms with Crippen molar-refractivity contribution >= 4 is 23.6 Å². The Morgan fingerprint density at radius 3 is 2.35 bits per heavy atom. The lowest BCUT2D eigenvalue weighted by Crippen LogP contribution is -2.61. The molecule has 188 valence electrons. The highest BCUT2D eigenvalue weighted by atomic mass is 16.2. The van der Waals surface area contributed by atoms with Crippen molar-refractivity contribution in [1.29, 1.82) is 5.26 Å². The van der Waals surface area contributed by atoms with E-state index in [0.717, 1.165) is 0 Å². The zero-order valence-corrected chi connectivity index (χ0v) is 21.4. The van der Waals surface area contributed by atoms with E-state index in [0.29, 0.717) is 25.9 Å². The van der Waals surface area contributed by atoms with Crippen LogP contribution >= 0.6 is 0 Å². The van der Waals surface area contributed by atoms with Gasteiger partial charge in [-0.15, -0.1) is 0 Å². The van der Waals surface area contributed by atoms with Crippen LogP contribution in [-0.4, -0.2) is 53.7 Å². The molecule has 34 heavy (non-hydrogen) atoms. The maximum atomic E-state index is 13.8. The molecule has 3 aliphatic rings. The van der Waals surface area contributed by atoms with Crippen LogP contribution in [0.1, 0.15) is 61.3 Å². The van der Waals surface area contributed by atoms with Gasteiger partial charge < -0.3 is 21.3 Å². The summed E-state index contributed by atoms with van der Waals surface area (Å²) in [5.74, 6) is -2.62. The van der Waals surface area contributed by atoms with Gasteiger partial charge in [0.25, 0.3) is 0 Å². The molecule has 3 fully saturated rings. The first kappa shape index (κ1) is 26.0. The van der Waals surface area contributed by atoms with Gasteiger partial charge in [-0.2, -0.15) is 5.26 Å². The van der Waals surface area contributed by atoms with Crippen molar-refractivity contribution in [3.63, 3.8) is 0 Å². The van der Waals surface area contributed by atoms with Gasteiger partial charge >= 0.3 is 0 Å². The van der Waals surface area contributed by atoms with Gasteiger partial charge in [-0.3, -0.25) is 19.2 Å².